The molecule has 2 aromatic heterocycles. The van der Waals surface area contributed by atoms with E-state index in [0.29, 0.717) is 5.13 Å². The summed E-state index contributed by atoms with van der Waals surface area (Å²) < 4.78 is 6.71. The van der Waals surface area contributed by atoms with Gasteiger partial charge in [0.15, 0.2) is 0 Å². The Labute approximate surface area is 207 Å². The number of hydrogen-bond donors (Lipinski definition) is 0. The van der Waals surface area contributed by atoms with Gasteiger partial charge in [-0.05, 0) is 74.9 Å². The van der Waals surface area contributed by atoms with Gasteiger partial charge >= 0.3 is 0 Å². The Morgan fingerprint density at radius 1 is 0.824 bits per heavy atom. The highest BCUT2D eigenvalue weighted by Crippen LogP contribution is 2.39. The molecule has 4 aromatic rings. The van der Waals surface area contributed by atoms with E-state index >= 15 is 0 Å². The van der Waals surface area contributed by atoms with Gasteiger partial charge in [0.05, 0.1) is 22.7 Å². The zero-order valence-corrected chi connectivity index (χ0v) is 21.3. The lowest BCUT2D eigenvalue weighted by molar-refractivity contribution is 0.309. The fourth-order valence-electron chi connectivity index (χ4n) is 3.27. The monoisotopic (exact) mass is 492 g/mol. The summed E-state index contributed by atoms with van der Waals surface area (Å²) in [7, 11) is 0. The minimum absolute atomic E-state index is 0.635. The molecule has 2 heterocycles. The summed E-state index contributed by atoms with van der Waals surface area (Å²) in [6, 6.07) is 17.8. The Morgan fingerprint density at radius 3 is 2.15 bits per heavy atom. The molecule has 0 radical (unpaired) electrons. The van der Waals surface area contributed by atoms with Crippen LogP contribution in [0.25, 0.3) is 9.53 Å². The van der Waals surface area contributed by atoms with Crippen LogP contribution in [0.4, 0.5) is 27.2 Å². The molecule has 7 nitrogen and oxygen atoms in total. The summed E-state index contributed by atoms with van der Waals surface area (Å²) in [6.07, 6.45) is 2.17. The van der Waals surface area contributed by atoms with E-state index in [9.17, 15) is 0 Å². The largest absolute Gasteiger partial charge is 0.494 e. The average Bonchev–Trinajstić information content (AvgIpc) is 3.42. The van der Waals surface area contributed by atoms with E-state index in [-0.39, 0.29) is 0 Å². The van der Waals surface area contributed by atoms with E-state index in [1.807, 2.05) is 42.5 Å². The maximum atomic E-state index is 5.68. The minimum Gasteiger partial charge on any atom is -0.494 e. The molecule has 0 saturated heterocycles. The van der Waals surface area contributed by atoms with Crippen molar-refractivity contribution in [3.05, 3.63) is 54.6 Å². The van der Waals surface area contributed by atoms with Crippen LogP contribution < -0.4 is 9.64 Å². The molecule has 0 atom stereocenters. The third kappa shape index (κ3) is 6.24. The van der Waals surface area contributed by atoms with Crippen molar-refractivity contribution in [3.63, 3.8) is 0 Å². The number of unbranched alkanes of at least 4 members (excludes halogenated alkanes) is 1. The first-order valence-electron chi connectivity index (χ1n) is 11.5. The number of thiazole rings is 1. The number of fused-ring (bicyclic) bond motifs is 1. The van der Waals surface area contributed by atoms with Crippen molar-refractivity contribution in [2.45, 2.75) is 33.6 Å². The van der Waals surface area contributed by atoms with E-state index in [1.54, 1.807) is 0 Å². The van der Waals surface area contributed by atoms with Gasteiger partial charge in [0.2, 0.25) is 5.13 Å². The smallest absolute Gasteiger partial charge is 0.231 e. The SMILES string of the molecule is CCCCOc1ccc(N=Nc2cc3sc(N=Nc4ccc(N(CC)CC)cc4)nc3s2)cc1. The molecule has 176 valence electrons. The summed E-state index contributed by atoms with van der Waals surface area (Å²) in [6.45, 7) is 9.15. The number of nitrogens with zero attached hydrogens (tertiary/aromatic N) is 6. The zero-order chi connectivity index (χ0) is 23.8. The van der Waals surface area contributed by atoms with Gasteiger partial charge in [0.1, 0.15) is 15.6 Å². The van der Waals surface area contributed by atoms with Crippen molar-refractivity contribution in [3.8, 4) is 5.75 Å². The molecule has 34 heavy (non-hydrogen) atoms. The van der Waals surface area contributed by atoms with Gasteiger partial charge in [-0.15, -0.1) is 20.5 Å². The Balaban J connectivity index is 1.37. The minimum atomic E-state index is 0.635. The molecule has 0 fully saturated rings. The van der Waals surface area contributed by atoms with Gasteiger partial charge in [-0.25, -0.2) is 4.98 Å². The molecule has 0 bridgehead atoms. The van der Waals surface area contributed by atoms with Crippen molar-refractivity contribution >= 4 is 59.4 Å². The van der Waals surface area contributed by atoms with Gasteiger partial charge in [-0.2, -0.15) is 0 Å². The Morgan fingerprint density at radius 2 is 1.50 bits per heavy atom. The molecule has 0 N–H and O–H groups in total. The fraction of sp³-hybridized carbons (Fsp3) is 0.320. The van der Waals surface area contributed by atoms with Crippen LogP contribution in [0, 0.1) is 0 Å². The van der Waals surface area contributed by atoms with E-state index in [2.05, 4.69) is 63.2 Å². The average molecular weight is 493 g/mol. The second kappa shape index (κ2) is 11.8. The van der Waals surface area contributed by atoms with Gasteiger partial charge in [-0.1, -0.05) is 36.0 Å². The highest BCUT2D eigenvalue weighted by Gasteiger charge is 2.08. The number of hydrogen-bond acceptors (Lipinski definition) is 9. The number of anilines is 1. The lowest BCUT2D eigenvalue weighted by Gasteiger charge is -2.20. The topological polar surface area (TPSA) is 74.8 Å². The quantitative estimate of drug-likeness (QED) is 0.155. The summed E-state index contributed by atoms with van der Waals surface area (Å²) in [5.41, 5.74) is 2.79. The van der Waals surface area contributed by atoms with Crippen molar-refractivity contribution in [1.82, 2.24) is 4.98 Å². The van der Waals surface area contributed by atoms with Gasteiger partial charge in [-0.3, -0.25) is 0 Å². The molecule has 4 rings (SSSR count). The molecular weight excluding hydrogens is 464 g/mol. The fourth-order valence-corrected chi connectivity index (χ4v) is 5.12. The highest BCUT2D eigenvalue weighted by atomic mass is 32.1. The summed E-state index contributed by atoms with van der Waals surface area (Å²) in [4.78, 5) is 7.76. The maximum Gasteiger partial charge on any atom is 0.231 e. The third-order valence-electron chi connectivity index (χ3n) is 5.16. The lowest BCUT2D eigenvalue weighted by atomic mass is 10.2. The molecule has 0 unspecified atom stereocenters. The molecule has 0 amide bonds. The van der Waals surface area contributed by atoms with E-state index < -0.39 is 0 Å². The molecule has 0 saturated carbocycles. The van der Waals surface area contributed by atoms with Crippen LogP contribution in [0.15, 0.2) is 75.1 Å². The van der Waals surface area contributed by atoms with Crippen LogP contribution in [0.2, 0.25) is 0 Å². The van der Waals surface area contributed by atoms with Crippen molar-refractivity contribution in [2.75, 3.05) is 24.6 Å². The predicted molar refractivity (Wildman–Crippen MR) is 143 cm³/mol. The van der Waals surface area contributed by atoms with Crippen LogP contribution in [0.3, 0.4) is 0 Å². The number of ether oxygens (including phenoxy) is 1. The number of rotatable bonds is 11. The van der Waals surface area contributed by atoms with E-state index in [1.165, 1.54) is 28.4 Å². The van der Waals surface area contributed by atoms with Crippen LogP contribution in [0.1, 0.15) is 33.6 Å². The maximum absolute atomic E-state index is 5.68. The van der Waals surface area contributed by atoms with Crippen molar-refractivity contribution < 1.29 is 4.74 Å². The van der Waals surface area contributed by atoms with Gasteiger partial charge < -0.3 is 9.64 Å². The summed E-state index contributed by atoms with van der Waals surface area (Å²) >= 11 is 2.99. The first kappa shape index (κ1) is 24.0. The predicted octanol–water partition coefficient (Wildman–Crippen LogP) is 9.21. The number of azo groups is 2. The molecule has 0 aliphatic heterocycles. The highest BCUT2D eigenvalue weighted by molar-refractivity contribution is 7.30. The molecule has 9 heteroatoms. The Hall–Kier alpha value is -3.17. The lowest BCUT2D eigenvalue weighted by Crippen LogP contribution is -2.21. The first-order chi connectivity index (χ1) is 16.7. The zero-order valence-electron chi connectivity index (χ0n) is 19.6. The van der Waals surface area contributed by atoms with Crippen molar-refractivity contribution in [1.29, 1.82) is 0 Å². The molecule has 2 aromatic carbocycles. The second-order valence-corrected chi connectivity index (χ2v) is 9.55. The molecule has 0 spiro atoms. The molecular formula is C25H28N6OS2. The van der Waals surface area contributed by atoms with Crippen molar-refractivity contribution in [2.24, 2.45) is 20.5 Å². The van der Waals surface area contributed by atoms with Crippen LogP contribution in [-0.4, -0.2) is 24.7 Å². The summed E-state index contributed by atoms with van der Waals surface area (Å²) in [5.74, 6) is 0.856. The Bertz CT molecular complexity index is 1210. The number of aromatic nitrogens is 1. The number of benzene rings is 2. The number of thiophene rings is 1. The Kier molecular flexibility index (Phi) is 8.32. The normalized spacial score (nSPS) is 11.7. The van der Waals surface area contributed by atoms with Crippen LogP contribution in [-0.2, 0) is 0 Å². The van der Waals surface area contributed by atoms with Crippen LogP contribution >= 0.6 is 22.7 Å². The second-order valence-electron chi connectivity index (χ2n) is 7.54. The van der Waals surface area contributed by atoms with E-state index in [4.69, 9.17) is 4.74 Å². The summed E-state index contributed by atoms with van der Waals surface area (Å²) in [5, 5.41) is 18.8. The standard InChI is InChI=1S/C25H28N6OS2/c1-4-7-16-32-21-14-10-19(11-15-21)27-29-23-17-22-24(34-23)26-25(33-22)30-28-18-8-12-20(13-9-18)31(5-2)6-3/h8-15,17H,4-7,16H2,1-3H3. The third-order valence-corrected chi connectivity index (χ3v) is 7.09. The molecule has 0 aliphatic rings. The van der Waals surface area contributed by atoms with Crippen LogP contribution in [0.5, 0.6) is 5.75 Å². The van der Waals surface area contributed by atoms with E-state index in [0.717, 1.165) is 64.2 Å². The first-order valence-corrected chi connectivity index (χ1v) is 13.1. The molecule has 0 aliphatic carbocycles. The van der Waals surface area contributed by atoms with Gasteiger partial charge in [0, 0.05) is 18.8 Å². The van der Waals surface area contributed by atoms with Gasteiger partial charge in [0.25, 0.3) is 0 Å².